The molecule has 0 bridgehead atoms. The molecule has 3 aromatic rings. The van der Waals surface area contributed by atoms with Crippen LogP contribution in [0.4, 0.5) is 4.39 Å². The van der Waals surface area contributed by atoms with Gasteiger partial charge in [-0.05, 0) is 52.3 Å². The van der Waals surface area contributed by atoms with Crippen LogP contribution in [0, 0.1) is 5.82 Å². The molecule has 21 heavy (non-hydrogen) atoms. The van der Waals surface area contributed by atoms with Crippen molar-refractivity contribution in [3.8, 4) is 11.4 Å². The van der Waals surface area contributed by atoms with E-state index >= 15 is 0 Å². The summed E-state index contributed by atoms with van der Waals surface area (Å²) in [7, 11) is 1.83. The minimum Gasteiger partial charge on any atom is -0.478 e. The minimum absolute atomic E-state index is 0.185. The highest BCUT2D eigenvalue weighted by Gasteiger charge is 2.14. The summed E-state index contributed by atoms with van der Waals surface area (Å²) >= 11 is 3.33. The average molecular weight is 349 g/mol. The first-order valence-electron chi connectivity index (χ1n) is 6.12. The first kappa shape index (κ1) is 13.8. The number of hydrogen-bond donors (Lipinski definition) is 1. The Kier molecular flexibility index (Phi) is 3.25. The molecule has 0 aliphatic heterocycles. The molecule has 0 saturated carbocycles. The lowest BCUT2D eigenvalue weighted by Gasteiger charge is -2.05. The van der Waals surface area contributed by atoms with E-state index in [0.717, 1.165) is 11.1 Å². The van der Waals surface area contributed by atoms with E-state index in [1.54, 1.807) is 12.1 Å². The quantitative estimate of drug-likeness (QED) is 0.765. The van der Waals surface area contributed by atoms with Gasteiger partial charge < -0.3 is 9.67 Å². The molecule has 4 nitrogen and oxygen atoms in total. The van der Waals surface area contributed by atoms with Crippen molar-refractivity contribution >= 4 is 32.9 Å². The Morgan fingerprint density at radius 2 is 2.05 bits per heavy atom. The summed E-state index contributed by atoms with van der Waals surface area (Å²) in [6.07, 6.45) is 0. The molecule has 0 amide bonds. The predicted octanol–water partition coefficient (Wildman–Crippen LogP) is 3.84. The summed E-state index contributed by atoms with van der Waals surface area (Å²) in [6, 6.07) is 9.15. The van der Waals surface area contributed by atoms with E-state index in [1.807, 2.05) is 11.6 Å². The average Bonchev–Trinajstić information content (AvgIpc) is 2.75. The molecule has 3 rings (SSSR count). The van der Waals surface area contributed by atoms with Gasteiger partial charge in [0.1, 0.15) is 11.6 Å². The molecule has 0 aliphatic carbocycles. The van der Waals surface area contributed by atoms with Crippen molar-refractivity contribution in [1.82, 2.24) is 9.55 Å². The topological polar surface area (TPSA) is 55.1 Å². The number of carboxylic acid groups (broad SMARTS) is 1. The number of carboxylic acids is 1. The number of aryl methyl sites for hydroxylation is 1. The number of hydrogen-bond acceptors (Lipinski definition) is 2. The van der Waals surface area contributed by atoms with Crippen LogP contribution in [0.1, 0.15) is 10.4 Å². The van der Waals surface area contributed by atoms with Gasteiger partial charge in [-0.25, -0.2) is 14.2 Å². The largest absolute Gasteiger partial charge is 0.478 e. The van der Waals surface area contributed by atoms with Crippen LogP contribution in [0.15, 0.2) is 40.9 Å². The van der Waals surface area contributed by atoms with E-state index in [-0.39, 0.29) is 11.4 Å². The smallest absolute Gasteiger partial charge is 0.335 e. The van der Waals surface area contributed by atoms with Crippen molar-refractivity contribution < 1.29 is 14.3 Å². The van der Waals surface area contributed by atoms with Gasteiger partial charge >= 0.3 is 5.97 Å². The number of aromatic carboxylic acids is 1. The molecule has 1 aromatic heterocycles. The first-order valence-corrected chi connectivity index (χ1v) is 6.92. The molecule has 0 spiro atoms. The van der Waals surface area contributed by atoms with Gasteiger partial charge in [0, 0.05) is 17.1 Å². The normalized spacial score (nSPS) is 11.0. The van der Waals surface area contributed by atoms with Crippen molar-refractivity contribution in [1.29, 1.82) is 0 Å². The standard InChI is InChI=1S/C15H10BrFN2O2/c1-19-13-5-2-8(15(20)21)6-12(13)18-14(19)10-4-3-9(17)7-11(10)16/h2-7H,1H3,(H,20,21). The van der Waals surface area contributed by atoms with Gasteiger partial charge in [0.25, 0.3) is 0 Å². The maximum absolute atomic E-state index is 13.2. The van der Waals surface area contributed by atoms with Gasteiger partial charge in [0.05, 0.1) is 16.6 Å². The van der Waals surface area contributed by atoms with Gasteiger partial charge in [-0.3, -0.25) is 0 Å². The van der Waals surface area contributed by atoms with Crippen LogP contribution in [-0.2, 0) is 7.05 Å². The minimum atomic E-state index is -0.993. The molecule has 1 N–H and O–H groups in total. The van der Waals surface area contributed by atoms with E-state index in [2.05, 4.69) is 20.9 Å². The molecule has 0 unspecified atom stereocenters. The molecule has 6 heteroatoms. The Morgan fingerprint density at radius 3 is 2.71 bits per heavy atom. The van der Waals surface area contributed by atoms with Crippen LogP contribution in [0.5, 0.6) is 0 Å². The zero-order valence-electron chi connectivity index (χ0n) is 11.0. The highest BCUT2D eigenvalue weighted by atomic mass is 79.9. The van der Waals surface area contributed by atoms with Crippen LogP contribution in [-0.4, -0.2) is 20.6 Å². The van der Waals surface area contributed by atoms with Crippen LogP contribution in [0.3, 0.4) is 0 Å². The van der Waals surface area contributed by atoms with Crippen LogP contribution >= 0.6 is 15.9 Å². The van der Waals surface area contributed by atoms with Crippen LogP contribution in [0.2, 0.25) is 0 Å². The summed E-state index contributed by atoms with van der Waals surface area (Å²) in [5.41, 5.74) is 2.33. The Balaban J connectivity index is 2.23. The lowest BCUT2D eigenvalue weighted by Crippen LogP contribution is -1.96. The fourth-order valence-corrected chi connectivity index (χ4v) is 2.77. The summed E-state index contributed by atoms with van der Waals surface area (Å²) in [6.45, 7) is 0. The molecule has 0 radical (unpaired) electrons. The SMILES string of the molecule is Cn1c(-c2ccc(F)cc2Br)nc2cc(C(=O)O)ccc21. The lowest BCUT2D eigenvalue weighted by molar-refractivity contribution is 0.0697. The first-order chi connectivity index (χ1) is 9.97. The van der Waals surface area contributed by atoms with E-state index in [1.165, 1.54) is 24.3 Å². The second-order valence-corrected chi connectivity index (χ2v) is 5.48. The number of halogens is 2. The molecule has 106 valence electrons. The summed E-state index contributed by atoms with van der Waals surface area (Å²) in [5, 5.41) is 9.03. The monoisotopic (exact) mass is 348 g/mol. The Morgan fingerprint density at radius 1 is 1.29 bits per heavy atom. The maximum Gasteiger partial charge on any atom is 0.335 e. The number of nitrogens with zero attached hydrogens (tertiary/aromatic N) is 2. The van der Waals surface area contributed by atoms with Crippen molar-refractivity contribution in [2.75, 3.05) is 0 Å². The number of benzene rings is 2. The van der Waals surface area contributed by atoms with E-state index in [0.29, 0.717) is 15.8 Å². The Labute approximate surface area is 128 Å². The molecular formula is C15H10BrFN2O2. The number of aromatic nitrogens is 2. The summed E-state index contributed by atoms with van der Waals surface area (Å²) in [5.74, 6) is -0.691. The molecule has 0 saturated heterocycles. The van der Waals surface area contributed by atoms with Gasteiger partial charge in [0.15, 0.2) is 0 Å². The van der Waals surface area contributed by atoms with Gasteiger partial charge in [0.2, 0.25) is 0 Å². The molecule has 1 heterocycles. The molecule has 0 aliphatic rings. The van der Waals surface area contributed by atoms with Crippen LogP contribution < -0.4 is 0 Å². The third-order valence-corrected chi connectivity index (χ3v) is 3.96. The second-order valence-electron chi connectivity index (χ2n) is 4.63. The number of imidazole rings is 1. The summed E-state index contributed by atoms with van der Waals surface area (Å²) in [4.78, 5) is 15.5. The number of carbonyl (C=O) groups is 1. The zero-order chi connectivity index (χ0) is 15.1. The van der Waals surface area contributed by atoms with Crippen molar-refractivity contribution in [2.45, 2.75) is 0 Å². The van der Waals surface area contributed by atoms with Crippen molar-refractivity contribution in [3.05, 3.63) is 52.3 Å². The predicted molar refractivity (Wildman–Crippen MR) is 80.8 cm³/mol. The van der Waals surface area contributed by atoms with E-state index in [9.17, 15) is 9.18 Å². The second kappa shape index (κ2) is 4.96. The van der Waals surface area contributed by atoms with Gasteiger partial charge in [-0.2, -0.15) is 0 Å². The third-order valence-electron chi connectivity index (χ3n) is 3.30. The molecule has 2 aromatic carbocycles. The lowest BCUT2D eigenvalue weighted by atomic mass is 10.2. The maximum atomic E-state index is 13.2. The molecule has 0 fully saturated rings. The Bertz CT molecular complexity index is 873. The van der Waals surface area contributed by atoms with Crippen molar-refractivity contribution in [2.24, 2.45) is 7.05 Å². The van der Waals surface area contributed by atoms with E-state index in [4.69, 9.17) is 5.11 Å². The Hall–Kier alpha value is -2.21. The highest BCUT2D eigenvalue weighted by molar-refractivity contribution is 9.10. The molecular weight excluding hydrogens is 339 g/mol. The summed E-state index contributed by atoms with van der Waals surface area (Å²) < 4.78 is 15.6. The highest BCUT2D eigenvalue weighted by Crippen LogP contribution is 2.30. The third kappa shape index (κ3) is 2.31. The van der Waals surface area contributed by atoms with Gasteiger partial charge in [-0.1, -0.05) is 0 Å². The zero-order valence-corrected chi connectivity index (χ0v) is 12.6. The van der Waals surface area contributed by atoms with Crippen molar-refractivity contribution in [3.63, 3.8) is 0 Å². The fraction of sp³-hybridized carbons (Fsp3) is 0.0667. The fourth-order valence-electron chi connectivity index (χ4n) is 2.24. The number of fused-ring (bicyclic) bond motifs is 1. The number of rotatable bonds is 2. The van der Waals surface area contributed by atoms with Gasteiger partial charge in [-0.15, -0.1) is 0 Å². The molecule has 0 atom stereocenters. The van der Waals surface area contributed by atoms with E-state index < -0.39 is 5.97 Å². The van der Waals surface area contributed by atoms with Crippen LogP contribution in [0.25, 0.3) is 22.4 Å².